The fourth-order valence-electron chi connectivity index (χ4n) is 6.42. The fraction of sp³-hybridized carbons (Fsp3) is 0.486. The number of aliphatic hydroxyl groups excluding tert-OH is 9. The summed E-state index contributed by atoms with van der Waals surface area (Å²) in [5.41, 5.74) is -0.875. The monoisotopic (exact) mass is 858 g/mol. The van der Waals surface area contributed by atoms with E-state index >= 15 is 0 Å². The Morgan fingerprint density at radius 2 is 1.03 bits per heavy atom. The smallest absolute Gasteiger partial charge is 0.340 e. The second kappa shape index (κ2) is 17.3. The Hall–Kier alpha value is -5.42. The number of carbonyl (C=O) groups excluding carboxylic acids is 2. The van der Waals surface area contributed by atoms with Gasteiger partial charge in [-0.2, -0.15) is 0 Å². The molecule has 0 aliphatic carbocycles. The van der Waals surface area contributed by atoms with E-state index in [0.717, 1.165) is 18.2 Å². The van der Waals surface area contributed by atoms with Crippen LogP contribution in [0.5, 0.6) is 28.7 Å². The van der Waals surface area contributed by atoms with Crippen molar-refractivity contribution < 1.29 is 118 Å². The Bertz CT molecular complexity index is 2130. The number of aliphatic hydroxyl groups is 9. The lowest BCUT2D eigenvalue weighted by atomic mass is 9.97. The fourth-order valence-corrected chi connectivity index (χ4v) is 6.42. The molecule has 4 heterocycles. The molecule has 25 nitrogen and oxygen atoms in total. The predicted octanol–water partition coefficient (Wildman–Crippen LogP) is -5.14. The average Bonchev–Trinajstić information content (AvgIpc) is 3.20. The second-order valence-corrected chi connectivity index (χ2v) is 13.5. The van der Waals surface area contributed by atoms with E-state index in [0.29, 0.717) is 0 Å². The van der Waals surface area contributed by atoms with Gasteiger partial charge in [-0.15, -0.1) is 0 Å². The maximum Gasteiger partial charge on any atom is 0.340 e. The number of phenolic OH excluding ortho intramolecular Hbond substituents is 2. The van der Waals surface area contributed by atoms with Crippen LogP contribution in [0.1, 0.15) is 0 Å². The number of benzene rings is 2. The third kappa shape index (κ3) is 8.20. The summed E-state index contributed by atoms with van der Waals surface area (Å²) in [6.45, 7) is 0. The second-order valence-electron chi connectivity index (χ2n) is 13.5. The minimum Gasteiger partial charge on any atom is -0.507 e. The lowest BCUT2D eigenvalue weighted by molar-refractivity contribution is -0.313. The highest BCUT2D eigenvalue weighted by atomic mass is 16.8. The van der Waals surface area contributed by atoms with Crippen LogP contribution in [0, 0.1) is 0 Å². The summed E-state index contributed by atoms with van der Waals surface area (Å²) in [7, 11) is 2.53. The molecule has 15 unspecified atom stereocenters. The molecular weight excluding hydrogens is 820 g/mol. The van der Waals surface area contributed by atoms with Gasteiger partial charge in [0.05, 0.1) is 14.2 Å². The van der Waals surface area contributed by atoms with E-state index in [-0.39, 0.29) is 39.5 Å². The number of carboxylic acids is 1. The molecular formula is C35H38O25. The van der Waals surface area contributed by atoms with Crippen LogP contribution in [0.25, 0.3) is 22.3 Å². The Morgan fingerprint density at radius 1 is 0.583 bits per heavy atom. The van der Waals surface area contributed by atoms with Crippen LogP contribution >= 0.6 is 0 Å². The number of rotatable bonds is 10. The van der Waals surface area contributed by atoms with Crippen LogP contribution in [0.4, 0.5) is 0 Å². The first-order valence-electron chi connectivity index (χ1n) is 17.4. The van der Waals surface area contributed by atoms with Gasteiger partial charge < -0.3 is 104 Å². The van der Waals surface area contributed by atoms with Crippen LogP contribution in [-0.4, -0.2) is 186 Å². The third-order valence-corrected chi connectivity index (χ3v) is 9.68. The molecule has 0 spiro atoms. The highest BCUT2D eigenvalue weighted by Gasteiger charge is 2.54. The van der Waals surface area contributed by atoms with E-state index in [4.69, 9.17) is 42.3 Å². The van der Waals surface area contributed by atoms with Crippen LogP contribution in [-0.2, 0) is 38.1 Å². The summed E-state index contributed by atoms with van der Waals surface area (Å²) >= 11 is 0. The molecule has 1 aromatic heterocycles. The molecule has 6 rings (SSSR count). The van der Waals surface area contributed by atoms with Gasteiger partial charge in [0.2, 0.25) is 24.6 Å². The van der Waals surface area contributed by atoms with E-state index in [1.807, 2.05) is 0 Å². The van der Waals surface area contributed by atoms with E-state index in [1.165, 1.54) is 26.4 Å². The molecule has 328 valence electrons. The van der Waals surface area contributed by atoms with Crippen molar-refractivity contribution in [3.05, 3.63) is 40.6 Å². The minimum absolute atomic E-state index is 0.0450. The zero-order valence-electron chi connectivity index (χ0n) is 30.7. The zero-order valence-corrected chi connectivity index (χ0v) is 30.7. The summed E-state index contributed by atoms with van der Waals surface area (Å²) < 4.78 is 46.8. The van der Waals surface area contributed by atoms with E-state index < -0.39 is 127 Å². The summed E-state index contributed by atoms with van der Waals surface area (Å²) in [5, 5.41) is 123. The molecule has 12 N–H and O–H groups in total. The van der Waals surface area contributed by atoms with Gasteiger partial charge in [-0.05, 0) is 12.1 Å². The van der Waals surface area contributed by atoms with Gasteiger partial charge in [-0.1, -0.05) is 0 Å². The summed E-state index contributed by atoms with van der Waals surface area (Å²) in [5.74, 6) is -6.94. The maximum atomic E-state index is 13.3. The molecule has 0 amide bonds. The molecule has 3 aromatic rings. The highest BCUT2D eigenvalue weighted by Crippen LogP contribution is 2.41. The molecule has 0 bridgehead atoms. The van der Waals surface area contributed by atoms with Crippen LogP contribution in [0.3, 0.4) is 0 Å². The molecule has 3 fully saturated rings. The number of aliphatic carboxylic acids is 1. The van der Waals surface area contributed by atoms with Crippen LogP contribution < -0.4 is 19.6 Å². The summed E-state index contributed by atoms with van der Waals surface area (Å²) in [6, 6.07) is 5.60. The number of phenols is 2. The van der Waals surface area contributed by atoms with Crippen LogP contribution in [0.15, 0.2) is 39.5 Å². The minimum atomic E-state index is -2.41. The molecule has 25 heteroatoms. The number of hydrogen-bond donors (Lipinski definition) is 12. The number of hydrogen-bond acceptors (Lipinski definition) is 24. The molecule has 3 aliphatic heterocycles. The van der Waals surface area contributed by atoms with E-state index in [1.54, 1.807) is 0 Å². The van der Waals surface area contributed by atoms with E-state index in [2.05, 4.69) is 0 Å². The number of esters is 2. The molecule has 3 saturated heterocycles. The van der Waals surface area contributed by atoms with Gasteiger partial charge in [-0.3, -0.25) is 4.79 Å². The SMILES string of the molecule is COc1cc(-c2cc(=O)c3c(O)cc(OC4OC(C(=O)OC5OC(C(=O)OC6OC(C(=O)O)C(O)C(O)C6O)C(O)C(O)C5O)C(O)C(O)C4O)cc3o2)cc(OC)c1O. The lowest BCUT2D eigenvalue weighted by Crippen LogP contribution is -2.64. The number of carboxylic acid groups (broad SMARTS) is 1. The van der Waals surface area contributed by atoms with Crippen molar-refractivity contribution in [2.45, 2.75) is 92.1 Å². The number of carbonyl (C=O) groups is 3. The molecule has 2 aromatic carbocycles. The molecule has 0 saturated carbocycles. The Balaban J connectivity index is 1.19. The first-order valence-corrected chi connectivity index (χ1v) is 17.4. The van der Waals surface area contributed by atoms with Gasteiger partial charge in [-0.25, -0.2) is 14.4 Å². The Labute approximate surface area is 333 Å². The van der Waals surface area contributed by atoms with Gasteiger partial charge in [0, 0.05) is 23.8 Å². The summed E-state index contributed by atoms with van der Waals surface area (Å²) in [6.07, 6.45) is -34.1. The average molecular weight is 859 g/mol. The van der Waals surface area contributed by atoms with E-state index in [9.17, 15) is 80.5 Å². The van der Waals surface area contributed by atoms with Crippen molar-refractivity contribution in [3.63, 3.8) is 0 Å². The van der Waals surface area contributed by atoms with Crippen molar-refractivity contribution in [1.29, 1.82) is 0 Å². The molecule has 15 atom stereocenters. The van der Waals surface area contributed by atoms with Gasteiger partial charge in [0.25, 0.3) is 0 Å². The zero-order chi connectivity index (χ0) is 44.1. The predicted molar refractivity (Wildman–Crippen MR) is 185 cm³/mol. The first-order chi connectivity index (χ1) is 28.3. The maximum absolute atomic E-state index is 13.3. The van der Waals surface area contributed by atoms with Gasteiger partial charge in [0.1, 0.15) is 83.2 Å². The van der Waals surface area contributed by atoms with Gasteiger partial charge >= 0.3 is 17.9 Å². The first kappa shape index (κ1) is 44.1. The van der Waals surface area contributed by atoms with Crippen LogP contribution in [0.2, 0.25) is 0 Å². The normalized spacial score (nSPS) is 34.4. The van der Waals surface area contributed by atoms with Crippen molar-refractivity contribution in [2.75, 3.05) is 14.2 Å². The molecule has 3 aliphatic rings. The molecule has 0 radical (unpaired) electrons. The largest absolute Gasteiger partial charge is 0.507 e. The lowest BCUT2D eigenvalue weighted by Gasteiger charge is -2.42. The number of ether oxygens (including phenoxy) is 8. The van der Waals surface area contributed by atoms with Crippen molar-refractivity contribution >= 4 is 28.9 Å². The number of aromatic hydroxyl groups is 2. The highest BCUT2D eigenvalue weighted by molar-refractivity contribution is 5.86. The standard InChI is InChI=1S/C35H38O25/c1-52-14-3-8(4-15(53-2)17(14)38)12-7-11(37)16-10(36)5-9(6-13(16)55-12)54-33-24(45)19(40)22(43)28(57-33)31(50)60-35-26(47)20(41)23(44)29(58-35)32(51)59-34-25(46)18(39)21(42)27(56-34)30(48)49/h3-7,18-29,33-36,38-47H,1-2H3,(H,48,49). The van der Waals surface area contributed by atoms with Crippen molar-refractivity contribution in [3.8, 4) is 40.1 Å². The van der Waals surface area contributed by atoms with Gasteiger partial charge in [0.15, 0.2) is 35.2 Å². The quantitative estimate of drug-likeness (QED) is 0.0848. The molecule has 60 heavy (non-hydrogen) atoms. The summed E-state index contributed by atoms with van der Waals surface area (Å²) in [4.78, 5) is 50.8. The number of fused-ring (bicyclic) bond motifs is 1. The number of methoxy groups -OCH3 is 2. The van der Waals surface area contributed by atoms with Crippen molar-refractivity contribution in [1.82, 2.24) is 0 Å². The third-order valence-electron chi connectivity index (χ3n) is 9.68. The Morgan fingerprint density at radius 3 is 1.52 bits per heavy atom. The topological polar surface area (TPSA) is 398 Å². The Kier molecular flexibility index (Phi) is 12.7. The van der Waals surface area contributed by atoms with Crippen molar-refractivity contribution in [2.24, 2.45) is 0 Å².